The summed E-state index contributed by atoms with van der Waals surface area (Å²) in [4.78, 5) is 19.8. The normalized spacial score (nSPS) is 16.6. The van der Waals surface area contributed by atoms with Gasteiger partial charge in [-0.25, -0.2) is 13.8 Å². The zero-order valence-corrected chi connectivity index (χ0v) is 19.8. The predicted molar refractivity (Wildman–Crippen MR) is 129 cm³/mol. The minimum Gasteiger partial charge on any atom is -0.340 e. The molecule has 0 radical (unpaired) electrons. The van der Waals surface area contributed by atoms with Crippen LogP contribution in [0.25, 0.3) is 11.3 Å². The molecule has 1 fully saturated rings. The fourth-order valence-corrected chi connectivity index (χ4v) is 4.92. The van der Waals surface area contributed by atoms with Crippen molar-refractivity contribution in [3.05, 3.63) is 64.9 Å². The van der Waals surface area contributed by atoms with Crippen LogP contribution in [0, 0.1) is 23.5 Å². The lowest BCUT2D eigenvalue weighted by Crippen LogP contribution is -2.41. The van der Waals surface area contributed by atoms with E-state index in [0.717, 1.165) is 17.8 Å². The van der Waals surface area contributed by atoms with Gasteiger partial charge in [0.15, 0.2) is 0 Å². The van der Waals surface area contributed by atoms with E-state index in [2.05, 4.69) is 5.32 Å². The zero-order chi connectivity index (χ0) is 23.8. The Balaban J connectivity index is 1.44. The van der Waals surface area contributed by atoms with Crippen LogP contribution in [0.15, 0.2) is 42.5 Å². The minimum absolute atomic E-state index is 0.00183. The molecule has 1 aromatic heterocycles. The summed E-state index contributed by atoms with van der Waals surface area (Å²) in [5, 5.41) is 3.32. The summed E-state index contributed by atoms with van der Waals surface area (Å²) in [5.74, 6) is 1.40. The third-order valence-electron chi connectivity index (χ3n) is 6.92. The molecular weight excluding hydrogens is 458 g/mol. The van der Waals surface area contributed by atoms with E-state index in [1.165, 1.54) is 43.5 Å². The van der Waals surface area contributed by atoms with E-state index >= 15 is 0 Å². The Kier molecular flexibility index (Phi) is 6.30. The highest BCUT2D eigenvalue weighted by atomic mass is 35.5. The van der Waals surface area contributed by atoms with Crippen molar-refractivity contribution in [2.75, 3.05) is 11.9 Å². The van der Waals surface area contributed by atoms with Crippen molar-refractivity contribution in [2.24, 2.45) is 11.8 Å². The van der Waals surface area contributed by atoms with Crippen LogP contribution >= 0.6 is 11.6 Å². The molecule has 1 unspecified atom stereocenters. The van der Waals surface area contributed by atoms with Gasteiger partial charge in [0.1, 0.15) is 29.0 Å². The maximum Gasteiger partial charge on any atom is 0.225 e. The van der Waals surface area contributed by atoms with Crippen LogP contribution in [0.1, 0.15) is 38.4 Å². The highest BCUT2D eigenvalue weighted by Crippen LogP contribution is 2.36. The number of halogens is 3. The SMILES string of the molecule is CC(CC1CCC1)C(=O)N1CCn2c(nc(-c3ccc(F)cc3)c2Nc2ccc(Cl)c(F)c2)C1. The van der Waals surface area contributed by atoms with E-state index in [1.54, 1.807) is 18.2 Å². The molecular formula is C26H27ClF2N4O. The molecule has 5 nitrogen and oxygen atoms in total. The molecule has 1 amide bonds. The molecule has 0 bridgehead atoms. The van der Waals surface area contributed by atoms with Crippen molar-refractivity contribution in [3.63, 3.8) is 0 Å². The first-order valence-electron chi connectivity index (χ1n) is 11.7. The summed E-state index contributed by atoms with van der Waals surface area (Å²) in [7, 11) is 0. The molecule has 178 valence electrons. The number of aromatic nitrogens is 2. The van der Waals surface area contributed by atoms with Gasteiger partial charge in [-0.2, -0.15) is 0 Å². The number of fused-ring (bicyclic) bond motifs is 1. The fourth-order valence-electron chi connectivity index (χ4n) is 4.81. The monoisotopic (exact) mass is 484 g/mol. The lowest BCUT2D eigenvalue weighted by molar-refractivity contribution is -0.137. The first-order valence-corrected chi connectivity index (χ1v) is 12.1. The molecule has 2 aromatic carbocycles. The predicted octanol–water partition coefficient (Wildman–Crippen LogP) is 6.39. The molecule has 2 heterocycles. The van der Waals surface area contributed by atoms with Crippen LogP contribution in [0.3, 0.4) is 0 Å². The van der Waals surface area contributed by atoms with E-state index in [4.69, 9.17) is 16.6 Å². The first kappa shape index (κ1) is 22.8. The van der Waals surface area contributed by atoms with Crippen LogP contribution in [0.2, 0.25) is 5.02 Å². The number of carbonyl (C=O) groups excluding carboxylic acids is 1. The maximum atomic E-state index is 14.1. The summed E-state index contributed by atoms with van der Waals surface area (Å²) in [5.41, 5.74) is 1.89. The van der Waals surface area contributed by atoms with E-state index in [-0.39, 0.29) is 22.7 Å². The Bertz CT molecular complexity index is 1210. The third-order valence-corrected chi connectivity index (χ3v) is 7.22. The van der Waals surface area contributed by atoms with E-state index in [9.17, 15) is 13.6 Å². The number of amides is 1. The van der Waals surface area contributed by atoms with Crippen LogP contribution in [-0.4, -0.2) is 26.9 Å². The number of imidazole rings is 1. The molecule has 0 spiro atoms. The van der Waals surface area contributed by atoms with Gasteiger partial charge in [0, 0.05) is 30.3 Å². The molecule has 1 aliphatic carbocycles. The van der Waals surface area contributed by atoms with Gasteiger partial charge in [0.25, 0.3) is 0 Å². The average molecular weight is 485 g/mol. The molecule has 2 aliphatic rings. The summed E-state index contributed by atoms with van der Waals surface area (Å²) in [6, 6.07) is 10.6. The Morgan fingerprint density at radius 1 is 1.18 bits per heavy atom. The molecule has 1 atom stereocenters. The maximum absolute atomic E-state index is 14.1. The van der Waals surface area contributed by atoms with Crippen LogP contribution in [-0.2, 0) is 17.9 Å². The molecule has 5 rings (SSSR count). The molecule has 1 saturated carbocycles. The third kappa shape index (κ3) is 4.53. The Labute approximate surface area is 202 Å². The number of anilines is 2. The molecule has 3 aromatic rings. The van der Waals surface area contributed by atoms with Crippen molar-refractivity contribution in [2.45, 2.75) is 45.7 Å². The van der Waals surface area contributed by atoms with Gasteiger partial charge in [0.05, 0.1) is 11.6 Å². The van der Waals surface area contributed by atoms with Crippen molar-refractivity contribution >= 4 is 29.0 Å². The molecule has 0 saturated heterocycles. The molecule has 1 N–H and O–H groups in total. The summed E-state index contributed by atoms with van der Waals surface area (Å²) >= 11 is 5.84. The number of nitrogens with zero attached hydrogens (tertiary/aromatic N) is 3. The van der Waals surface area contributed by atoms with E-state index in [0.29, 0.717) is 42.8 Å². The Hall–Kier alpha value is -2.93. The number of rotatable bonds is 6. The lowest BCUT2D eigenvalue weighted by Gasteiger charge is -2.33. The van der Waals surface area contributed by atoms with E-state index < -0.39 is 5.82 Å². The smallest absolute Gasteiger partial charge is 0.225 e. The van der Waals surface area contributed by atoms with Crippen molar-refractivity contribution < 1.29 is 13.6 Å². The number of hydrogen-bond acceptors (Lipinski definition) is 3. The molecule has 1 aliphatic heterocycles. The Morgan fingerprint density at radius 2 is 1.94 bits per heavy atom. The molecule has 34 heavy (non-hydrogen) atoms. The number of nitrogens with one attached hydrogen (secondary N) is 1. The number of carbonyl (C=O) groups is 1. The van der Waals surface area contributed by atoms with Gasteiger partial charge in [-0.1, -0.05) is 37.8 Å². The van der Waals surface area contributed by atoms with Gasteiger partial charge in [-0.15, -0.1) is 0 Å². The second kappa shape index (κ2) is 9.37. The topological polar surface area (TPSA) is 50.2 Å². The second-order valence-electron chi connectivity index (χ2n) is 9.33. The zero-order valence-electron chi connectivity index (χ0n) is 19.0. The van der Waals surface area contributed by atoms with Gasteiger partial charge in [0.2, 0.25) is 5.91 Å². The van der Waals surface area contributed by atoms with Crippen LogP contribution in [0.5, 0.6) is 0 Å². The van der Waals surface area contributed by atoms with E-state index in [1.807, 2.05) is 16.4 Å². The lowest BCUT2D eigenvalue weighted by atomic mass is 9.79. The Morgan fingerprint density at radius 3 is 2.62 bits per heavy atom. The summed E-state index contributed by atoms with van der Waals surface area (Å²) in [6.45, 7) is 3.56. The number of hydrogen-bond donors (Lipinski definition) is 1. The quantitative estimate of drug-likeness (QED) is 0.440. The van der Waals surface area contributed by atoms with Crippen LogP contribution < -0.4 is 5.32 Å². The van der Waals surface area contributed by atoms with Crippen molar-refractivity contribution in [1.82, 2.24) is 14.5 Å². The van der Waals surface area contributed by atoms with Gasteiger partial charge in [-0.3, -0.25) is 4.79 Å². The standard InChI is InChI=1S/C26H27ClF2N4O/c1-16(13-17-3-2-4-17)26(34)32-11-12-33-23(15-32)31-24(18-5-7-19(28)8-6-18)25(33)30-20-9-10-21(27)22(29)14-20/h5-10,14,16-17,30H,2-4,11-13,15H2,1H3. The van der Waals surface area contributed by atoms with Crippen molar-refractivity contribution in [3.8, 4) is 11.3 Å². The summed E-state index contributed by atoms with van der Waals surface area (Å²) < 4.78 is 29.6. The molecule has 8 heteroatoms. The van der Waals surface area contributed by atoms with Gasteiger partial charge < -0.3 is 14.8 Å². The fraction of sp³-hybridized carbons (Fsp3) is 0.385. The summed E-state index contributed by atoms with van der Waals surface area (Å²) in [6.07, 6.45) is 4.67. The van der Waals surface area contributed by atoms with Crippen molar-refractivity contribution in [1.29, 1.82) is 0 Å². The minimum atomic E-state index is -0.523. The number of benzene rings is 2. The largest absolute Gasteiger partial charge is 0.340 e. The van der Waals surface area contributed by atoms with Gasteiger partial charge in [-0.05, 0) is 54.8 Å². The average Bonchev–Trinajstić information content (AvgIpc) is 3.16. The highest BCUT2D eigenvalue weighted by Gasteiger charge is 2.31. The first-order chi connectivity index (χ1) is 16.4. The highest BCUT2D eigenvalue weighted by molar-refractivity contribution is 6.30. The second-order valence-corrected chi connectivity index (χ2v) is 9.74. The van der Waals surface area contributed by atoms with Gasteiger partial charge >= 0.3 is 0 Å². The van der Waals surface area contributed by atoms with Crippen LogP contribution in [0.4, 0.5) is 20.3 Å².